The summed E-state index contributed by atoms with van der Waals surface area (Å²) < 4.78 is 7.05. The lowest BCUT2D eigenvalue weighted by atomic mass is 9.97. The first-order valence-corrected chi connectivity index (χ1v) is 11.2. The maximum atomic E-state index is 13.0. The molecular formula is C22H27N9O2. The average Bonchev–Trinajstić information content (AvgIpc) is 3.43. The molecule has 2 saturated heterocycles. The third kappa shape index (κ3) is 4.92. The van der Waals surface area contributed by atoms with Crippen LogP contribution in [0.2, 0.25) is 0 Å². The number of rotatable bonds is 6. The van der Waals surface area contributed by atoms with Gasteiger partial charge in [-0.15, -0.1) is 0 Å². The number of anilines is 2. The molecule has 2 aliphatic heterocycles. The third-order valence-corrected chi connectivity index (χ3v) is 6.04. The Labute approximate surface area is 191 Å². The molecule has 1 amide bonds. The van der Waals surface area contributed by atoms with Crippen molar-refractivity contribution in [1.82, 2.24) is 35.0 Å². The van der Waals surface area contributed by atoms with E-state index in [1.54, 1.807) is 17.2 Å². The van der Waals surface area contributed by atoms with Crippen molar-refractivity contribution < 1.29 is 9.53 Å². The van der Waals surface area contributed by atoms with E-state index in [-0.39, 0.29) is 11.8 Å². The van der Waals surface area contributed by atoms with E-state index >= 15 is 0 Å². The smallest absolute Gasteiger partial charge is 0.225 e. The van der Waals surface area contributed by atoms with Crippen molar-refractivity contribution >= 4 is 17.5 Å². The van der Waals surface area contributed by atoms with Gasteiger partial charge in [0.05, 0.1) is 19.1 Å². The maximum absolute atomic E-state index is 13.0. The number of ether oxygens (including phenoxy) is 1. The van der Waals surface area contributed by atoms with Gasteiger partial charge in [-0.25, -0.2) is 24.6 Å². The summed E-state index contributed by atoms with van der Waals surface area (Å²) in [6, 6.07) is 5.81. The van der Waals surface area contributed by atoms with Crippen molar-refractivity contribution in [3.63, 3.8) is 0 Å². The van der Waals surface area contributed by atoms with E-state index in [1.807, 2.05) is 18.2 Å². The Morgan fingerprint density at radius 2 is 1.97 bits per heavy atom. The SMILES string of the molecule is O=C(NCc1cccnc1N1CCOCC1)[C@H]1CCCN(c2cc(-n3cncn3)ncn2)C1. The summed E-state index contributed by atoms with van der Waals surface area (Å²) in [6.07, 6.45) is 8.16. The van der Waals surface area contributed by atoms with Gasteiger partial charge in [-0.2, -0.15) is 5.10 Å². The van der Waals surface area contributed by atoms with Crippen LogP contribution in [0, 0.1) is 5.92 Å². The van der Waals surface area contributed by atoms with Gasteiger partial charge in [0.15, 0.2) is 5.82 Å². The minimum absolute atomic E-state index is 0.0574. The van der Waals surface area contributed by atoms with Gasteiger partial charge in [-0.1, -0.05) is 6.07 Å². The first-order valence-electron chi connectivity index (χ1n) is 11.2. The Bertz CT molecular complexity index is 1070. The molecule has 0 aromatic carbocycles. The summed E-state index contributed by atoms with van der Waals surface area (Å²) in [7, 11) is 0. The number of carbonyl (C=O) groups is 1. The van der Waals surface area contributed by atoms with E-state index < -0.39 is 0 Å². The zero-order valence-electron chi connectivity index (χ0n) is 18.4. The number of morpholine rings is 1. The highest BCUT2D eigenvalue weighted by atomic mass is 16.5. The molecule has 11 heteroatoms. The van der Waals surface area contributed by atoms with E-state index in [0.717, 1.165) is 49.7 Å². The topological polar surface area (TPSA) is 114 Å². The standard InChI is InChI=1S/C22H27N9O2/c32-22(25-12-17-3-1-5-24-21(17)29-7-9-33-10-8-29)18-4-2-6-30(13-18)19-11-20(27-15-26-19)31-16-23-14-28-31/h1,3,5,11,14-16,18H,2,4,6-10,12-13H2,(H,25,32)/t18-/m0/s1. The van der Waals surface area contributed by atoms with Crippen molar-refractivity contribution in [3.8, 4) is 5.82 Å². The molecule has 0 unspecified atom stereocenters. The lowest BCUT2D eigenvalue weighted by molar-refractivity contribution is -0.125. The van der Waals surface area contributed by atoms with Gasteiger partial charge in [-0.05, 0) is 18.9 Å². The Morgan fingerprint density at radius 3 is 2.82 bits per heavy atom. The van der Waals surface area contributed by atoms with Gasteiger partial charge < -0.3 is 19.9 Å². The van der Waals surface area contributed by atoms with Gasteiger partial charge in [0.2, 0.25) is 5.91 Å². The lowest BCUT2D eigenvalue weighted by Gasteiger charge is -2.33. The molecule has 33 heavy (non-hydrogen) atoms. The van der Waals surface area contributed by atoms with Crippen molar-refractivity contribution in [2.45, 2.75) is 19.4 Å². The van der Waals surface area contributed by atoms with E-state index in [1.165, 1.54) is 12.7 Å². The fourth-order valence-electron chi connectivity index (χ4n) is 4.32. The molecule has 2 aliphatic rings. The molecule has 0 radical (unpaired) electrons. The summed E-state index contributed by atoms with van der Waals surface area (Å²) >= 11 is 0. The van der Waals surface area contributed by atoms with Crippen LogP contribution in [0.4, 0.5) is 11.6 Å². The van der Waals surface area contributed by atoms with Crippen LogP contribution >= 0.6 is 0 Å². The Kier molecular flexibility index (Phi) is 6.38. The van der Waals surface area contributed by atoms with Crippen molar-refractivity contribution in [3.05, 3.63) is 48.9 Å². The zero-order valence-corrected chi connectivity index (χ0v) is 18.4. The van der Waals surface area contributed by atoms with Crippen LogP contribution in [-0.2, 0) is 16.1 Å². The molecule has 5 rings (SSSR count). The lowest BCUT2D eigenvalue weighted by Crippen LogP contribution is -2.43. The molecule has 3 aromatic heterocycles. The summed E-state index contributed by atoms with van der Waals surface area (Å²) in [5, 5.41) is 7.26. The van der Waals surface area contributed by atoms with E-state index in [2.05, 4.69) is 40.2 Å². The number of nitrogens with one attached hydrogen (secondary N) is 1. The van der Waals surface area contributed by atoms with Gasteiger partial charge in [0, 0.05) is 50.6 Å². The van der Waals surface area contributed by atoms with Crippen LogP contribution in [0.3, 0.4) is 0 Å². The number of aromatic nitrogens is 6. The highest BCUT2D eigenvalue weighted by molar-refractivity contribution is 5.79. The molecule has 172 valence electrons. The molecule has 2 fully saturated rings. The van der Waals surface area contributed by atoms with Crippen LogP contribution < -0.4 is 15.1 Å². The largest absolute Gasteiger partial charge is 0.378 e. The predicted molar refractivity (Wildman–Crippen MR) is 121 cm³/mol. The van der Waals surface area contributed by atoms with Gasteiger partial charge in [0.1, 0.15) is 30.6 Å². The van der Waals surface area contributed by atoms with Crippen molar-refractivity contribution in [2.24, 2.45) is 5.92 Å². The molecule has 1 atom stereocenters. The summed E-state index contributed by atoms with van der Waals surface area (Å²) in [6.45, 7) is 4.93. The predicted octanol–water partition coefficient (Wildman–Crippen LogP) is 0.822. The van der Waals surface area contributed by atoms with E-state index in [9.17, 15) is 4.79 Å². The van der Waals surface area contributed by atoms with E-state index in [4.69, 9.17) is 4.74 Å². The highest BCUT2D eigenvalue weighted by Gasteiger charge is 2.27. The number of piperidine rings is 1. The summed E-state index contributed by atoms with van der Waals surface area (Å²) in [4.78, 5) is 34.6. The molecule has 0 saturated carbocycles. The Balaban J connectivity index is 1.22. The third-order valence-electron chi connectivity index (χ3n) is 6.04. The second-order valence-corrected chi connectivity index (χ2v) is 8.16. The molecule has 1 N–H and O–H groups in total. The first kappa shape index (κ1) is 21.3. The molecule has 11 nitrogen and oxygen atoms in total. The quantitative estimate of drug-likeness (QED) is 0.584. The summed E-state index contributed by atoms with van der Waals surface area (Å²) in [5.41, 5.74) is 1.02. The minimum Gasteiger partial charge on any atom is -0.378 e. The number of pyridine rings is 1. The monoisotopic (exact) mass is 449 g/mol. The molecule has 3 aromatic rings. The molecule has 0 bridgehead atoms. The van der Waals surface area contributed by atoms with Crippen LogP contribution in [0.15, 0.2) is 43.4 Å². The highest BCUT2D eigenvalue weighted by Crippen LogP contribution is 2.23. The fourth-order valence-corrected chi connectivity index (χ4v) is 4.32. The van der Waals surface area contributed by atoms with Gasteiger partial charge in [0.25, 0.3) is 0 Å². The molecule has 0 spiro atoms. The number of hydrogen-bond acceptors (Lipinski definition) is 9. The molecule has 0 aliphatic carbocycles. The fraction of sp³-hybridized carbons (Fsp3) is 0.455. The van der Waals surface area contributed by atoms with Crippen LogP contribution in [0.5, 0.6) is 0 Å². The summed E-state index contributed by atoms with van der Waals surface area (Å²) in [5.74, 6) is 2.31. The second kappa shape index (κ2) is 9.90. The van der Waals surface area contributed by atoms with Crippen molar-refractivity contribution in [1.29, 1.82) is 0 Å². The number of amides is 1. The van der Waals surface area contributed by atoms with Crippen LogP contribution in [0.25, 0.3) is 5.82 Å². The maximum Gasteiger partial charge on any atom is 0.225 e. The number of hydrogen-bond donors (Lipinski definition) is 1. The average molecular weight is 450 g/mol. The van der Waals surface area contributed by atoms with Gasteiger partial charge >= 0.3 is 0 Å². The van der Waals surface area contributed by atoms with Crippen LogP contribution in [-0.4, -0.2) is 75.0 Å². The molecule has 5 heterocycles. The van der Waals surface area contributed by atoms with Crippen LogP contribution in [0.1, 0.15) is 18.4 Å². The van der Waals surface area contributed by atoms with Crippen molar-refractivity contribution in [2.75, 3.05) is 49.2 Å². The first-order chi connectivity index (χ1) is 16.3. The molecular weight excluding hydrogens is 422 g/mol. The Hall–Kier alpha value is -3.60. The zero-order chi connectivity index (χ0) is 22.5. The van der Waals surface area contributed by atoms with Gasteiger partial charge in [-0.3, -0.25) is 4.79 Å². The Morgan fingerprint density at radius 1 is 1.09 bits per heavy atom. The van der Waals surface area contributed by atoms with E-state index in [0.29, 0.717) is 32.1 Å². The normalized spacial score (nSPS) is 18.8. The minimum atomic E-state index is -0.105. The second-order valence-electron chi connectivity index (χ2n) is 8.16. The number of carbonyl (C=O) groups excluding carboxylic acids is 1. The number of nitrogens with zero attached hydrogens (tertiary/aromatic N) is 8.